The van der Waals surface area contributed by atoms with E-state index in [1.807, 2.05) is 0 Å². The summed E-state index contributed by atoms with van der Waals surface area (Å²) in [5.74, 6) is -1.25. The van der Waals surface area contributed by atoms with Crippen LogP contribution in [0, 0.1) is 6.92 Å². The largest absolute Gasteiger partial charge is 0.508 e. The average molecular weight is 486 g/mol. The van der Waals surface area contributed by atoms with Gasteiger partial charge < -0.3 is 38.7 Å². The number of aryl methyl sites for hydroxylation is 1. The first-order chi connectivity index (χ1) is 16.6. The summed E-state index contributed by atoms with van der Waals surface area (Å²) in [5.41, 5.74) is -1.08. The van der Waals surface area contributed by atoms with E-state index in [1.165, 1.54) is 32.4 Å². The molecule has 4 N–H and O–H groups in total. The standard InChI is InChI=1S/C14H14O7.C10H8O4/c1-19-5-9(17)13-11(6-20-2)21-10-4-7(15)3-8(16)12(10)14(13)18;1-5-2-7(12)10-8(13)3-6(11)4-9(10)14-5/h3-4,15-16H,5-6H2,1-2H3;2-4,11,13H,1H3. The minimum atomic E-state index is -0.692. The van der Waals surface area contributed by atoms with Crippen molar-refractivity contribution in [3.05, 3.63) is 67.9 Å². The Morgan fingerprint density at radius 1 is 0.829 bits per heavy atom. The van der Waals surface area contributed by atoms with Gasteiger partial charge in [-0.3, -0.25) is 14.4 Å². The van der Waals surface area contributed by atoms with Crippen molar-refractivity contribution in [3.63, 3.8) is 0 Å². The number of phenols is 4. The lowest BCUT2D eigenvalue weighted by Gasteiger charge is -2.09. The highest BCUT2D eigenvalue weighted by molar-refractivity contribution is 6.01. The molecule has 4 aromatic rings. The molecule has 2 aromatic carbocycles. The molecule has 0 aliphatic rings. The highest BCUT2D eigenvalue weighted by Gasteiger charge is 2.23. The molecule has 0 bridgehead atoms. The zero-order valence-electron chi connectivity index (χ0n) is 18.9. The van der Waals surface area contributed by atoms with Crippen LogP contribution >= 0.6 is 0 Å². The lowest BCUT2D eigenvalue weighted by atomic mass is 10.1. The lowest BCUT2D eigenvalue weighted by Crippen LogP contribution is -2.22. The van der Waals surface area contributed by atoms with Crippen LogP contribution in [0.4, 0.5) is 0 Å². The third-order valence-corrected chi connectivity index (χ3v) is 4.78. The van der Waals surface area contributed by atoms with Crippen LogP contribution in [0.15, 0.2) is 48.8 Å². The molecule has 35 heavy (non-hydrogen) atoms. The van der Waals surface area contributed by atoms with Crippen LogP contribution in [0.1, 0.15) is 21.9 Å². The number of ketones is 1. The first kappa shape index (κ1) is 25.3. The van der Waals surface area contributed by atoms with Gasteiger partial charge >= 0.3 is 0 Å². The summed E-state index contributed by atoms with van der Waals surface area (Å²) >= 11 is 0. The number of carbonyl (C=O) groups excluding carboxylic acids is 1. The molecule has 0 aliphatic heterocycles. The number of carbonyl (C=O) groups is 1. The Bertz CT molecular complexity index is 1520. The summed E-state index contributed by atoms with van der Waals surface area (Å²) in [4.78, 5) is 35.9. The molecule has 0 saturated heterocycles. The average Bonchev–Trinajstić information content (AvgIpc) is 2.72. The predicted molar refractivity (Wildman–Crippen MR) is 123 cm³/mol. The van der Waals surface area contributed by atoms with E-state index in [0.29, 0.717) is 5.76 Å². The molecule has 0 saturated carbocycles. The van der Waals surface area contributed by atoms with Gasteiger partial charge in [-0.2, -0.15) is 0 Å². The van der Waals surface area contributed by atoms with Gasteiger partial charge in [0.1, 0.15) is 75.2 Å². The Kier molecular flexibility index (Phi) is 7.43. The molecule has 0 unspecified atom stereocenters. The fraction of sp³-hybridized carbons (Fsp3) is 0.208. The van der Waals surface area contributed by atoms with Gasteiger partial charge in [0.15, 0.2) is 11.2 Å². The van der Waals surface area contributed by atoms with E-state index in [0.717, 1.165) is 12.1 Å². The molecule has 2 aromatic heterocycles. The van der Waals surface area contributed by atoms with Crippen LogP contribution in [0.2, 0.25) is 0 Å². The fourth-order valence-electron chi connectivity index (χ4n) is 3.42. The number of Topliss-reactive ketones (excluding diaryl/α,β-unsaturated/α-hetero) is 1. The van der Waals surface area contributed by atoms with E-state index in [1.54, 1.807) is 6.92 Å². The van der Waals surface area contributed by atoms with Crippen molar-refractivity contribution in [2.45, 2.75) is 13.5 Å². The first-order valence-corrected chi connectivity index (χ1v) is 10.1. The Labute approximate surface area is 197 Å². The van der Waals surface area contributed by atoms with Crippen LogP contribution in [-0.2, 0) is 16.1 Å². The number of aromatic hydroxyl groups is 4. The number of hydrogen-bond donors (Lipinski definition) is 4. The molecule has 0 amide bonds. The number of rotatable bonds is 5. The number of ether oxygens (including phenoxy) is 2. The highest BCUT2D eigenvalue weighted by Crippen LogP contribution is 2.29. The van der Waals surface area contributed by atoms with Crippen molar-refractivity contribution in [3.8, 4) is 23.0 Å². The Balaban J connectivity index is 0.000000211. The molecule has 0 spiro atoms. The van der Waals surface area contributed by atoms with Crippen LogP contribution in [-0.4, -0.2) is 47.0 Å². The second kappa shape index (κ2) is 10.3. The van der Waals surface area contributed by atoms with Crippen molar-refractivity contribution in [2.24, 2.45) is 0 Å². The molecule has 2 heterocycles. The van der Waals surface area contributed by atoms with Gasteiger partial charge in [-0.25, -0.2) is 0 Å². The number of fused-ring (bicyclic) bond motifs is 2. The number of hydrogen-bond acceptors (Lipinski definition) is 11. The zero-order chi connectivity index (χ0) is 25.9. The van der Waals surface area contributed by atoms with Gasteiger partial charge in [0, 0.05) is 44.6 Å². The van der Waals surface area contributed by atoms with Crippen molar-refractivity contribution in [1.29, 1.82) is 0 Å². The Morgan fingerprint density at radius 2 is 1.40 bits per heavy atom. The molecule has 11 heteroatoms. The topological polar surface area (TPSA) is 177 Å². The van der Waals surface area contributed by atoms with Crippen LogP contribution < -0.4 is 10.9 Å². The van der Waals surface area contributed by atoms with Gasteiger partial charge in [-0.1, -0.05) is 0 Å². The molecule has 0 radical (unpaired) electrons. The summed E-state index contributed by atoms with van der Waals surface area (Å²) in [5, 5.41) is 37.7. The van der Waals surface area contributed by atoms with Crippen molar-refractivity contribution in [2.75, 3.05) is 20.8 Å². The summed E-state index contributed by atoms with van der Waals surface area (Å²) in [6.45, 7) is 1.22. The second-order valence-electron chi connectivity index (χ2n) is 7.42. The van der Waals surface area contributed by atoms with Crippen molar-refractivity contribution in [1.82, 2.24) is 0 Å². The smallest absolute Gasteiger partial charge is 0.207 e. The zero-order valence-corrected chi connectivity index (χ0v) is 18.9. The van der Waals surface area contributed by atoms with E-state index in [-0.39, 0.29) is 69.2 Å². The van der Waals surface area contributed by atoms with E-state index < -0.39 is 17.0 Å². The molecule has 0 fully saturated rings. The van der Waals surface area contributed by atoms with Crippen LogP contribution in [0.3, 0.4) is 0 Å². The second-order valence-corrected chi connectivity index (χ2v) is 7.42. The normalized spacial score (nSPS) is 10.8. The van der Waals surface area contributed by atoms with E-state index in [2.05, 4.69) is 0 Å². The predicted octanol–water partition coefficient (Wildman–Crippen LogP) is 2.69. The summed E-state index contributed by atoms with van der Waals surface area (Å²) in [6, 6.07) is 5.87. The third-order valence-electron chi connectivity index (χ3n) is 4.78. The van der Waals surface area contributed by atoms with Gasteiger partial charge in [-0.05, 0) is 6.92 Å². The van der Waals surface area contributed by atoms with Gasteiger partial charge in [0.05, 0.1) is 0 Å². The minimum Gasteiger partial charge on any atom is -0.508 e. The maximum absolute atomic E-state index is 12.4. The molecule has 0 aliphatic carbocycles. The summed E-state index contributed by atoms with van der Waals surface area (Å²) in [7, 11) is 2.71. The molecular weight excluding hydrogens is 464 g/mol. The highest BCUT2D eigenvalue weighted by atomic mass is 16.5. The number of methoxy groups -OCH3 is 2. The SMILES string of the molecule is COCC(=O)c1c(COC)oc2cc(O)cc(O)c2c1=O.Cc1cc(=O)c2c(O)cc(O)cc2o1. The third kappa shape index (κ3) is 5.26. The molecule has 184 valence electrons. The van der Waals surface area contributed by atoms with E-state index in [4.69, 9.17) is 18.3 Å². The molecule has 11 nitrogen and oxygen atoms in total. The van der Waals surface area contributed by atoms with Crippen LogP contribution in [0.25, 0.3) is 21.9 Å². The number of benzene rings is 2. The Morgan fingerprint density at radius 3 is 1.97 bits per heavy atom. The van der Waals surface area contributed by atoms with Gasteiger partial charge in [-0.15, -0.1) is 0 Å². The van der Waals surface area contributed by atoms with E-state index >= 15 is 0 Å². The quantitative estimate of drug-likeness (QED) is 0.305. The maximum Gasteiger partial charge on any atom is 0.207 e. The molecule has 4 rings (SSSR count). The first-order valence-electron chi connectivity index (χ1n) is 10.1. The molecular formula is C24H22O11. The van der Waals surface area contributed by atoms with Crippen molar-refractivity contribution < 1.29 is 43.5 Å². The fourth-order valence-corrected chi connectivity index (χ4v) is 3.42. The minimum absolute atomic E-state index is 0.0158. The van der Waals surface area contributed by atoms with Crippen molar-refractivity contribution >= 4 is 27.7 Å². The summed E-state index contributed by atoms with van der Waals surface area (Å²) in [6.07, 6.45) is 0. The Hall–Kier alpha value is -4.35. The maximum atomic E-state index is 12.4. The monoisotopic (exact) mass is 486 g/mol. The van der Waals surface area contributed by atoms with Gasteiger partial charge in [0.2, 0.25) is 5.43 Å². The van der Waals surface area contributed by atoms with E-state index in [9.17, 15) is 34.8 Å². The van der Waals surface area contributed by atoms with Gasteiger partial charge in [0.25, 0.3) is 0 Å². The van der Waals surface area contributed by atoms with Crippen LogP contribution in [0.5, 0.6) is 23.0 Å². The number of phenolic OH excluding ortho intramolecular Hbond substituents is 4. The lowest BCUT2D eigenvalue weighted by molar-refractivity contribution is 0.0836. The molecule has 0 atom stereocenters. The summed E-state index contributed by atoms with van der Waals surface area (Å²) < 4.78 is 20.3.